The fraction of sp³-hybridized carbons (Fsp3) is 0.333. The summed E-state index contributed by atoms with van der Waals surface area (Å²) in [7, 11) is 0. The highest BCUT2D eigenvalue weighted by atomic mass is 16.3. The fourth-order valence-corrected chi connectivity index (χ4v) is 1.70. The summed E-state index contributed by atoms with van der Waals surface area (Å²) in [6, 6.07) is 6.01. The number of nitrogens with zero attached hydrogens (tertiary/aromatic N) is 2. The Morgan fingerprint density at radius 3 is 2.67 bits per heavy atom. The zero-order valence-corrected chi connectivity index (χ0v) is 8.94. The van der Waals surface area contributed by atoms with Gasteiger partial charge >= 0.3 is 0 Å². The van der Waals surface area contributed by atoms with E-state index < -0.39 is 0 Å². The number of aromatic nitrogens is 2. The molecule has 0 aliphatic heterocycles. The number of fused-ring (bicyclic) bond motifs is 1. The summed E-state index contributed by atoms with van der Waals surface area (Å²) in [4.78, 5) is 0. The van der Waals surface area contributed by atoms with Crippen molar-refractivity contribution < 1.29 is 5.11 Å². The van der Waals surface area contributed by atoms with Crippen LogP contribution in [0.4, 0.5) is 0 Å². The number of hydrogen-bond acceptors (Lipinski definition) is 3. The molecule has 78 valence electrons. The highest BCUT2D eigenvalue weighted by Crippen LogP contribution is 2.28. The quantitative estimate of drug-likeness (QED) is 0.809. The predicted molar refractivity (Wildman–Crippen MR) is 59.6 cm³/mol. The third-order valence-electron chi connectivity index (χ3n) is 2.71. The van der Waals surface area contributed by atoms with Crippen LogP contribution in [0, 0.1) is 0 Å². The Hall–Kier alpha value is -1.48. The lowest BCUT2D eigenvalue weighted by atomic mass is 9.83. The molecule has 1 N–H and O–H groups in total. The van der Waals surface area contributed by atoms with Gasteiger partial charge in [-0.15, -0.1) is 0 Å². The first-order valence-electron chi connectivity index (χ1n) is 4.96. The number of aliphatic hydroxyl groups excluding tert-OH is 1. The van der Waals surface area contributed by atoms with Gasteiger partial charge in [-0.25, -0.2) is 0 Å². The van der Waals surface area contributed by atoms with Crippen LogP contribution in [0.5, 0.6) is 0 Å². The van der Waals surface area contributed by atoms with Gasteiger partial charge in [-0.3, -0.25) is 0 Å². The van der Waals surface area contributed by atoms with E-state index in [0.717, 1.165) is 16.3 Å². The molecule has 0 fully saturated rings. The summed E-state index contributed by atoms with van der Waals surface area (Å²) in [6.45, 7) is 4.15. The Morgan fingerprint density at radius 1 is 1.20 bits per heavy atom. The molecule has 0 saturated heterocycles. The van der Waals surface area contributed by atoms with Gasteiger partial charge in [0, 0.05) is 16.2 Å². The molecule has 1 heterocycles. The molecule has 2 rings (SSSR count). The third kappa shape index (κ3) is 1.70. The minimum atomic E-state index is -0.247. The number of rotatable bonds is 2. The highest BCUT2D eigenvalue weighted by molar-refractivity contribution is 5.85. The Morgan fingerprint density at radius 2 is 1.93 bits per heavy atom. The van der Waals surface area contributed by atoms with Crippen molar-refractivity contribution in [3.63, 3.8) is 0 Å². The molecule has 2 aromatic rings. The maximum Gasteiger partial charge on any atom is 0.0577 e. The molecule has 1 aromatic heterocycles. The lowest BCUT2D eigenvalue weighted by molar-refractivity contribution is 0.219. The van der Waals surface area contributed by atoms with Crippen LogP contribution in [-0.2, 0) is 5.41 Å². The maximum atomic E-state index is 9.37. The SMILES string of the molecule is CC(C)(CO)c1cccc2cnncc12. The van der Waals surface area contributed by atoms with E-state index in [-0.39, 0.29) is 12.0 Å². The van der Waals surface area contributed by atoms with Crippen LogP contribution in [0.3, 0.4) is 0 Å². The van der Waals surface area contributed by atoms with Crippen LogP contribution < -0.4 is 0 Å². The van der Waals surface area contributed by atoms with Crippen molar-refractivity contribution in [2.45, 2.75) is 19.3 Å². The second-order valence-corrected chi connectivity index (χ2v) is 4.34. The van der Waals surface area contributed by atoms with E-state index in [1.807, 2.05) is 32.0 Å². The summed E-state index contributed by atoms with van der Waals surface area (Å²) in [6.07, 6.45) is 3.49. The summed E-state index contributed by atoms with van der Waals surface area (Å²) in [5.41, 5.74) is 0.861. The van der Waals surface area contributed by atoms with Gasteiger partial charge in [-0.1, -0.05) is 32.0 Å². The molecule has 0 amide bonds. The van der Waals surface area contributed by atoms with Crippen LogP contribution in [0.2, 0.25) is 0 Å². The molecule has 0 atom stereocenters. The van der Waals surface area contributed by atoms with E-state index in [1.165, 1.54) is 0 Å². The smallest absolute Gasteiger partial charge is 0.0577 e. The standard InChI is InChI=1S/C12H14N2O/c1-12(2,8-15)11-5-3-4-9-6-13-14-7-10(9)11/h3-7,15H,8H2,1-2H3. The van der Waals surface area contributed by atoms with Gasteiger partial charge in [-0.05, 0) is 5.56 Å². The number of benzene rings is 1. The zero-order valence-electron chi connectivity index (χ0n) is 8.94. The molecular weight excluding hydrogens is 188 g/mol. The minimum Gasteiger partial charge on any atom is -0.395 e. The normalized spacial score (nSPS) is 11.9. The number of hydrogen-bond donors (Lipinski definition) is 1. The van der Waals surface area contributed by atoms with Crippen LogP contribution in [0.15, 0.2) is 30.6 Å². The molecule has 0 unspecified atom stereocenters. The molecule has 15 heavy (non-hydrogen) atoms. The first kappa shape index (κ1) is 10.1. The average Bonchev–Trinajstić information content (AvgIpc) is 2.28. The van der Waals surface area contributed by atoms with Gasteiger partial charge in [0.25, 0.3) is 0 Å². The van der Waals surface area contributed by atoms with Crippen molar-refractivity contribution in [1.29, 1.82) is 0 Å². The highest BCUT2D eigenvalue weighted by Gasteiger charge is 2.21. The summed E-state index contributed by atoms with van der Waals surface area (Å²) < 4.78 is 0. The Bertz CT molecular complexity index is 475. The monoisotopic (exact) mass is 202 g/mol. The van der Waals surface area contributed by atoms with Crippen molar-refractivity contribution in [2.24, 2.45) is 0 Å². The predicted octanol–water partition coefficient (Wildman–Crippen LogP) is 1.90. The second kappa shape index (κ2) is 3.59. The maximum absolute atomic E-state index is 9.37. The largest absolute Gasteiger partial charge is 0.395 e. The summed E-state index contributed by atoms with van der Waals surface area (Å²) in [5.74, 6) is 0. The van der Waals surface area contributed by atoms with Gasteiger partial charge in [0.1, 0.15) is 0 Å². The van der Waals surface area contributed by atoms with Crippen molar-refractivity contribution in [2.75, 3.05) is 6.61 Å². The number of aliphatic hydroxyl groups is 1. The fourth-order valence-electron chi connectivity index (χ4n) is 1.70. The molecule has 1 aromatic carbocycles. The Labute approximate surface area is 88.8 Å². The van der Waals surface area contributed by atoms with Crippen molar-refractivity contribution in [1.82, 2.24) is 10.2 Å². The van der Waals surface area contributed by atoms with Gasteiger partial charge in [-0.2, -0.15) is 10.2 Å². The van der Waals surface area contributed by atoms with Crippen molar-refractivity contribution in [3.05, 3.63) is 36.2 Å². The molecule has 0 radical (unpaired) electrons. The first-order valence-corrected chi connectivity index (χ1v) is 4.96. The van der Waals surface area contributed by atoms with Gasteiger partial charge in [0.2, 0.25) is 0 Å². The topological polar surface area (TPSA) is 46.0 Å². The molecule has 3 nitrogen and oxygen atoms in total. The van der Waals surface area contributed by atoms with Crippen molar-refractivity contribution in [3.8, 4) is 0 Å². The zero-order chi connectivity index (χ0) is 10.9. The molecule has 0 aliphatic carbocycles. The van der Waals surface area contributed by atoms with Crippen LogP contribution in [0.1, 0.15) is 19.4 Å². The molecule has 0 aliphatic rings. The van der Waals surface area contributed by atoms with E-state index in [1.54, 1.807) is 12.4 Å². The Kier molecular flexibility index (Phi) is 2.40. The van der Waals surface area contributed by atoms with E-state index in [0.29, 0.717) is 0 Å². The van der Waals surface area contributed by atoms with Gasteiger partial charge < -0.3 is 5.11 Å². The summed E-state index contributed by atoms with van der Waals surface area (Å²) >= 11 is 0. The summed E-state index contributed by atoms with van der Waals surface area (Å²) in [5, 5.41) is 19.2. The second-order valence-electron chi connectivity index (χ2n) is 4.34. The van der Waals surface area contributed by atoms with E-state index in [2.05, 4.69) is 10.2 Å². The minimum absolute atomic E-state index is 0.119. The molecule has 0 spiro atoms. The van der Waals surface area contributed by atoms with E-state index in [9.17, 15) is 5.11 Å². The van der Waals surface area contributed by atoms with Crippen LogP contribution in [-0.4, -0.2) is 21.9 Å². The van der Waals surface area contributed by atoms with Crippen LogP contribution >= 0.6 is 0 Å². The lowest BCUT2D eigenvalue weighted by Crippen LogP contribution is -2.22. The van der Waals surface area contributed by atoms with Gasteiger partial charge in [0.05, 0.1) is 19.0 Å². The molecular formula is C12H14N2O. The van der Waals surface area contributed by atoms with E-state index >= 15 is 0 Å². The first-order chi connectivity index (χ1) is 7.15. The molecule has 0 saturated carbocycles. The Balaban J connectivity index is 2.71. The molecule has 0 bridgehead atoms. The lowest BCUT2D eigenvalue weighted by Gasteiger charge is -2.23. The van der Waals surface area contributed by atoms with Crippen molar-refractivity contribution >= 4 is 10.8 Å². The van der Waals surface area contributed by atoms with E-state index in [4.69, 9.17) is 0 Å². The van der Waals surface area contributed by atoms with Gasteiger partial charge in [0.15, 0.2) is 0 Å². The molecule has 3 heteroatoms. The van der Waals surface area contributed by atoms with Crippen LogP contribution in [0.25, 0.3) is 10.8 Å². The average molecular weight is 202 g/mol. The third-order valence-corrected chi connectivity index (χ3v) is 2.71.